The summed E-state index contributed by atoms with van der Waals surface area (Å²) in [6.07, 6.45) is 2.36. The normalized spacial score (nSPS) is 10.8. The van der Waals surface area contributed by atoms with E-state index in [1.807, 2.05) is 18.2 Å². The number of hydrogen-bond donors (Lipinski definition) is 2. The Balaban J connectivity index is 2.30. The molecule has 0 saturated heterocycles. The number of nitrogens with one attached hydrogen (secondary N) is 2. The molecule has 0 unspecified atom stereocenters. The molecule has 0 aliphatic rings. The Morgan fingerprint density at radius 1 is 1.33 bits per heavy atom. The molecule has 0 aliphatic carbocycles. The van der Waals surface area contributed by atoms with Crippen LogP contribution in [0.1, 0.15) is 13.3 Å². The predicted molar refractivity (Wildman–Crippen MR) is 87.7 cm³/mol. The van der Waals surface area contributed by atoms with Gasteiger partial charge in [-0.15, -0.1) is 0 Å². The molecule has 6 nitrogen and oxygen atoms in total. The molecular weight excluding hydrogens is 336 g/mol. The van der Waals surface area contributed by atoms with Crippen molar-refractivity contribution in [2.24, 2.45) is 0 Å². The van der Waals surface area contributed by atoms with Crippen molar-refractivity contribution < 1.29 is 4.92 Å². The maximum absolute atomic E-state index is 11.2. The molecule has 0 saturated carbocycles. The van der Waals surface area contributed by atoms with Crippen LogP contribution < -0.4 is 10.6 Å². The quantitative estimate of drug-likeness (QED) is 0.453. The number of pyridine rings is 1. The summed E-state index contributed by atoms with van der Waals surface area (Å²) in [4.78, 5) is 14.9. The van der Waals surface area contributed by atoms with Gasteiger partial charge in [0.15, 0.2) is 0 Å². The van der Waals surface area contributed by atoms with Crippen LogP contribution >= 0.6 is 15.9 Å². The standard InChI is InChI=1S/C14H17BrN4O2/c1-2-5-16-6-7-17-14-11-8-10(15)3-4-12(11)18-9-13(14)19(20)21/h3-4,8-9,16H,2,5-7H2,1H3,(H,17,18). The number of hydrogen-bond acceptors (Lipinski definition) is 5. The molecule has 2 aromatic rings. The van der Waals surface area contributed by atoms with E-state index in [0.717, 1.165) is 34.9 Å². The number of aromatic nitrogens is 1. The molecule has 0 amide bonds. The van der Waals surface area contributed by atoms with Gasteiger partial charge < -0.3 is 10.6 Å². The highest BCUT2D eigenvalue weighted by Gasteiger charge is 2.17. The lowest BCUT2D eigenvalue weighted by atomic mass is 10.1. The summed E-state index contributed by atoms with van der Waals surface area (Å²) in [7, 11) is 0. The molecule has 112 valence electrons. The molecule has 0 spiro atoms. The third-order valence-electron chi connectivity index (χ3n) is 3.04. The summed E-state index contributed by atoms with van der Waals surface area (Å²) in [5.74, 6) is 0. The number of nitrogens with zero attached hydrogens (tertiary/aromatic N) is 2. The van der Waals surface area contributed by atoms with Crippen LogP contribution in [0.25, 0.3) is 10.9 Å². The SMILES string of the molecule is CCCNCCNc1c([N+](=O)[O-])cnc2ccc(Br)cc12. The molecule has 2 rings (SSSR count). The van der Waals surface area contributed by atoms with Crippen molar-refractivity contribution >= 4 is 38.2 Å². The molecule has 1 aromatic carbocycles. The Kier molecular flexibility index (Phi) is 5.46. The minimum absolute atomic E-state index is 0.00362. The third kappa shape index (κ3) is 3.89. The van der Waals surface area contributed by atoms with E-state index < -0.39 is 4.92 Å². The molecule has 2 N–H and O–H groups in total. The van der Waals surface area contributed by atoms with E-state index >= 15 is 0 Å². The zero-order valence-electron chi connectivity index (χ0n) is 11.7. The van der Waals surface area contributed by atoms with Gasteiger partial charge in [-0.25, -0.2) is 4.98 Å². The molecule has 0 radical (unpaired) electrons. The second kappa shape index (κ2) is 7.33. The van der Waals surface area contributed by atoms with E-state index in [2.05, 4.69) is 38.5 Å². The Morgan fingerprint density at radius 2 is 2.14 bits per heavy atom. The Bertz CT molecular complexity index is 648. The van der Waals surface area contributed by atoms with Crippen LogP contribution in [0.4, 0.5) is 11.4 Å². The first-order chi connectivity index (χ1) is 10.1. The van der Waals surface area contributed by atoms with Crippen molar-refractivity contribution in [2.45, 2.75) is 13.3 Å². The highest BCUT2D eigenvalue weighted by Crippen LogP contribution is 2.32. The Hall–Kier alpha value is -1.73. The van der Waals surface area contributed by atoms with Crippen molar-refractivity contribution in [1.82, 2.24) is 10.3 Å². The van der Waals surface area contributed by atoms with Gasteiger partial charge in [-0.3, -0.25) is 10.1 Å². The first-order valence-electron chi connectivity index (χ1n) is 6.80. The van der Waals surface area contributed by atoms with Crippen molar-refractivity contribution in [3.63, 3.8) is 0 Å². The Morgan fingerprint density at radius 3 is 2.86 bits per heavy atom. The van der Waals surface area contributed by atoms with E-state index in [-0.39, 0.29) is 5.69 Å². The van der Waals surface area contributed by atoms with Crippen LogP contribution in [0.5, 0.6) is 0 Å². The van der Waals surface area contributed by atoms with E-state index in [9.17, 15) is 10.1 Å². The van der Waals surface area contributed by atoms with Gasteiger partial charge in [0.2, 0.25) is 0 Å². The average Bonchev–Trinajstić information content (AvgIpc) is 2.46. The minimum Gasteiger partial charge on any atom is -0.378 e. The molecule has 0 atom stereocenters. The minimum atomic E-state index is -0.408. The van der Waals surface area contributed by atoms with Gasteiger partial charge in [-0.1, -0.05) is 22.9 Å². The van der Waals surface area contributed by atoms with Gasteiger partial charge in [0.05, 0.1) is 10.4 Å². The molecule has 1 aromatic heterocycles. The smallest absolute Gasteiger partial charge is 0.311 e. The van der Waals surface area contributed by atoms with Crippen LogP contribution in [0, 0.1) is 10.1 Å². The average molecular weight is 353 g/mol. The summed E-state index contributed by atoms with van der Waals surface area (Å²) in [5.41, 5.74) is 1.24. The second-order valence-electron chi connectivity index (χ2n) is 4.61. The van der Waals surface area contributed by atoms with Gasteiger partial charge in [0, 0.05) is 22.9 Å². The van der Waals surface area contributed by atoms with Crippen LogP contribution in [-0.2, 0) is 0 Å². The lowest BCUT2D eigenvalue weighted by Gasteiger charge is -2.10. The molecule has 0 bridgehead atoms. The predicted octanol–water partition coefficient (Wildman–Crippen LogP) is 3.32. The van der Waals surface area contributed by atoms with Gasteiger partial charge >= 0.3 is 5.69 Å². The topological polar surface area (TPSA) is 80.1 Å². The zero-order chi connectivity index (χ0) is 15.2. The molecule has 7 heteroatoms. The second-order valence-corrected chi connectivity index (χ2v) is 5.53. The lowest BCUT2D eigenvalue weighted by molar-refractivity contribution is -0.384. The molecule has 21 heavy (non-hydrogen) atoms. The number of halogens is 1. The third-order valence-corrected chi connectivity index (χ3v) is 3.53. The number of benzene rings is 1. The summed E-state index contributed by atoms with van der Waals surface area (Å²) >= 11 is 3.39. The van der Waals surface area contributed by atoms with Crippen molar-refractivity contribution in [3.8, 4) is 0 Å². The van der Waals surface area contributed by atoms with Gasteiger partial charge in [-0.2, -0.15) is 0 Å². The number of nitro groups is 1. The number of anilines is 1. The summed E-state index contributed by atoms with van der Waals surface area (Å²) in [6, 6.07) is 5.55. The highest BCUT2D eigenvalue weighted by molar-refractivity contribution is 9.10. The summed E-state index contributed by atoms with van der Waals surface area (Å²) < 4.78 is 0.865. The number of rotatable bonds is 7. The Labute approximate surface area is 131 Å². The van der Waals surface area contributed by atoms with Crippen LogP contribution in [0.2, 0.25) is 0 Å². The zero-order valence-corrected chi connectivity index (χ0v) is 13.3. The largest absolute Gasteiger partial charge is 0.378 e. The molecular formula is C14H17BrN4O2. The maximum atomic E-state index is 11.2. The molecule has 1 heterocycles. The van der Waals surface area contributed by atoms with Crippen molar-refractivity contribution in [1.29, 1.82) is 0 Å². The maximum Gasteiger partial charge on any atom is 0.311 e. The highest BCUT2D eigenvalue weighted by atomic mass is 79.9. The fourth-order valence-corrected chi connectivity index (χ4v) is 2.42. The van der Waals surface area contributed by atoms with E-state index in [4.69, 9.17) is 0 Å². The van der Waals surface area contributed by atoms with Crippen LogP contribution in [-0.4, -0.2) is 29.5 Å². The lowest BCUT2D eigenvalue weighted by Crippen LogP contribution is -2.23. The molecule has 0 fully saturated rings. The monoisotopic (exact) mass is 352 g/mol. The van der Waals surface area contributed by atoms with Crippen LogP contribution in [0.3, 0.4) is 0 Å². The fourth-order valence-electron chi connectivity index (χ4n) is 2.06. The van der Waals surface area contributed by atoms with Crippen molar-refractivity contribution in [2.75, 3.05) is 25.0 Å². The van der Waals surface area contributed by atoms with E-state index in [0.29, 0.717) is 12.2 Å². The van der Waals surface area contributed by atoms with Gasteiger partial charge in [0.25, 0.3) is 0 Å². The van der Waals surface area contributed by atoms with Crippen LogP contribution in [0.15, 0.2) is 28.9 Å². The number of fused-ring (bicyclic) bond motifs is 1. The van der Waals surface area contributed by atoms with Crippen molar-refractivity contribution in [3.05, 3.63) is 39.0 Å². The summed E-state index contributed by atoms with van der Waals surface area (Å²) in [6.45, 7) is 4.40. The fraction of sp³-hybridized carbons (Fsp3) is 0.357. The first-order valence-corrected chi connectivity index (χ1v) is 7.60. The summed E-state index contributed by atoms with van der Waals surface area (Å²) in [5, 5.41) is 18.3. The molecule has 0 aliphatic heterocycles. The van der Waals surface area contributed by atoms with E-state index in [1.165, 1.54) is 6.20 Å². The van der Waals surface area contributed by atoms with Gasteiger partial charge in [-0.05, 0) is 31.2 Å². The van der Waals surface area contributed by atoms with Gasteiger partial charge in [0.1, 0.15) is 11.9 Å². The van der Waals surface area contributed by atoms with E-state index in [1.54, 1.807) is 0 Å². The first kappa shape index (κ1) is 15.7.